The average molecular weight is 279 g/mol. The maximum Gasteiger partial charge on any atom is 0.337 e. The summed E-state index contributed by atoms with van der Waals surface area (Å²) < 4.78 is 8.22. The first kappa shape index (κ1) is 15.1. The lowest BCUT2D eigenvalue weighted by atomic mass is 9.85. The van der Waals surface area contributed by atoms with Gasteiger partial charge in [-0.1, -0.05) is 13.8 Å². The number of carboxylic acids is 1. The molecule has 1 unspecified atom stereocenters. The first-order valence-corrected chi connectivity index (χ1v) is 7.49. The molecule has 0 radical (unpaired) electrons. The number of hydrogen-bond acceptors (Lipinski definition) is 2. The van der Waals surface area contributed by atoms with Gasteiger partial charge < -0.3 is 14.4 Å². The van der Waals surface area contributed by atoms with Crippen LogP contribution in [0, 0.1) is 13.8 Å². The van der Waals surface area contributed by atoms with Gasteiger partial charge in [0.1, 0.15) is 0 Å². The molecule has 1 aliphatic heterocycles. The van der Waals surface area contributed by atoms with Crippen LogP contribution in [0.15, 0.2) is 6.07 Å². The van der Waals surface area contributed by atoms with Crippen LogP contribution < -0.4 is 0 Å². The predicted octanol–water partition coefficient (Wildman–Crippen LogP) is 3.71. The predicted molar refractivity (Wildman–Crippen MR) is 78.4 cm³/mol. The van der Waals surface area contributed by atoms with Crippen LogP contribution in [0.25, 0.3) is 0 Å². The number of aromatic carboxylic acids is 1. The van der Waals surface area contributed by atoms with Gasteiger partial charge in [0.15, 0.2) is 0 Å². The highest BCUT2D eigenvalue weighted by Crippen LogP contribution is 2.38. The van der Waals surface area contributed by atoms with Crippen LogP contribution in [0.5, 0.6) is 0 Å². The molecule has 1 fully saturated rings. The first-order valence-electron chi connectivity index (χ1n) is 7.49. The molecule has 2 rings (SSSR count). The van der Waals surface area contributed by atoms with E-state index in [0.717, 1.165) is 43.7 Å². The Labute approximate surface area is 120 Å². The third kappa shape index (κ3) is 2.49. The van der Waals surface area contributed by atoms with Gasteiger partial charge >= 0.3 is 5.97 Å². The van der Waals surface area contributed by atoms with E-state index in [0.29, 0.717) is 11.6 Å². The molecule has 0 spiro atoms. The van der Waals surface area contributed by atoms with Crippen molar-refractivity contribution in [2.45, 2.75) is 65.0 Å². The molecular formula is C16H25NO3. The standard InChI is InChI=1S/C16H25NO3/c1-5-16(6-2)10-13(7-8-20-16)17-11(3)9-14(12(17)4)15(18)19/h9,13H,5-8,10H2,1-4H3,(H,18,19). The Bertz CT molecular complexity index is 500. The summed E-state index contributed by atoms with van der Waals surface area (Å²) in [6.45, 7) is 9.00. The summed E-state index contributed by atoms with van der Waals surface area (Å²) >= 11 is 0. The number of carbonyl (C=O) groups is 1. The Hall–Kier alpha value is -1.29. The first-order chi connectivity index (χ1) is 9.44. The van der Waals surface area contributed by atoms with Gasteiger partial charge in [0.05, 0.1) is 11.2 Å². The van der Waals surface area contributed by atoms with Crippen molar-refractivity contribution >= 4 is 5.97 Å². The van der Waals surface area contributed by atoms with Crippen molar-refractivity contribution in [3.05, 3.63) is 23.0 Å². The molecule has 4 heteroatoms. The number of ether oxygens (including phenoxy) is 1. The van der Waals surface area contributed by atoms with Crippen LogP contribution in [-0.4, -0.2) is 27.9 Å². The maximum atomic E-state index is 11.3. The average Bonchev–Trinajstić information content (AvgIpc) is 2.74. The SMILES string of the molecule is CCC1(CC)CC(n2c(C)cc(C(=O)O)c2C)CCO1. The van der Waals surface area contributed by atoms with Gasteiger partial charge in [-0.15, -0.1) is 0 Å². The molecule has 1 atom stereocenters. The Morgan fingerprint density at radius 2 is 2.10 bits per heavy atom. The van der Waals surface area contributed by atoms with Crippen LogP contribution in [0.1, 0.15) is 67.3 Å². The fourth-order valence-electron chi connectivity index (χ4n) is 3.52. The summed E-state index contributed by atoms with van der Waals surface area (Å²) in [5, 5.41) is 9.26. The molecule has 20 heavy (non-hydrogen) atoms. The highest BCUT2D eigenvalue weighted by atomic mass is 16.5. The summed E-state index contributed by atoms with van der Waals surface area (Å²) in [7, 11) is 0. The molecule has 1 saturated heterocycles. The minimum Gasteiger partial charge on any atom is -0.478 e. The molecule has 0 amide bonds. The second kappa shape index (κ2) is 5.60. The van der Waals surface area contributed by atoms with E-state index in [1.807, 2.05) is 13.8 Å². The highest BCUT2D eigenvalue weighted by molar-refractivity contribution is 5.89. The maximum absolute atomic E-state index is 11.3. The molecule has 0 saturated carbocycles. The van der Waals surface area contributed by atoms with E-state index < -0.39 is 5.97 Å². The molecule has 1 aromatic heterocycles. The normalized spacial score (nSPS) is 21.9. The Kier molecular flexibility index (Phi) is 4.23. The lowest BCUT2D eigenvalue weighted by molar-refractivity contribution is -0.0990. The number of aromatic nitrogens is 1. The monoisotopic (exact) mass is 279 g/mol. The van der Waals surface area contributed by atoms with Gasteiger partial charge in [-0.2, -0.15) is 0 Å². The minimum atomic E-state index is -0.839. The van der Waals surface area contributed by atoms with Gasteiger partial charge in [-0.3, -0.25) is 0 Å². The van der Waals surface area contributed by atoms with Gasteiger partial charge in [0.2, 0.25) is 0 Å². The van der Waals surface area contributed by atoms with Gasteiger partial charge in [-0.05, 0) is 45.6 Å². The number of rotatable bonds is 4. The number of nitrogens with zero attached hydrogens (tertiary/aromatic N) is 1. The fraction of sp³-hybridized carbons (Fsp3) is 0.688. The second-order valence-electron chi connectivity index (χ2n) is 5.85. The zero-order valence-electron chi connectivity index (χ0n) is 12.9. The summed E-state index contributed by atoms with van der Waals surface area (Å²) in [5.74, 6) is -0.839. The van der Waals surface area contributed by atoms with Crippen molar-refractivity contribution in [3.63, 3.8) is 0 Å². The number of hydrogen-bond donors (Lipinski definition) is 1. The van der Waals surface area contributed by atoms with Gasteiger partial charge in [0.25, 0.3) is 0 Å². The molecule has 2 heterocycles. The van der Waals surface area contributed by atoms with Crippen molar-refractivity contribution in [1.82, 2.24) is 4.57 Å². The van der Waals surface area contributed by atoms with E-state index >= 15 is 0 Å². The van der Waals surface area contributed by atoms with Crippen molar-refractivity contribution in [2.75, 3.05) is 6.61 Å². The van der Waals surface area contributed by atoms with Gasteiger partial charge in [-0.25, -0.2) is 4.79 Å². The topological polar surface area (TPSA) is 51.5 Å². The van der Waals surface area contributed by atoms with Crippen LogP contribution in [0.4, 0.5) is 0 Å². The van der Waals surface area contributed by atoms with E-state index in [2.05, 4.69) is 18.4 Å². The molecule has 0 bridgehead atoms. The third-order valence-electron chi connectivity index (χ3n) is 4.84. The third-order valence-corrected chi connectivity index (χ3v) is 4.84. The van der Waals surface area contributed by atoms with E-state index in [-0.39, 0.29) is 5.60 Å². The molecule has 112 valence electrons. The molecule has 1 N–H and O–H groups in total. The van der Waals surface area contributed by atoms with E-state index in [1.165, 1.54) is 0 Å². The van der Waals surface area contributed by atoms with E-state index in [9.17, 15) is 9.90 Å². The largest absolute Gasteiger partial charge is 0.478 e. The van der Waals surface area contributed by atoms with Crippen molar-refractivity contribution in [1.29, 1.82) is 0 Å². The zero-order chi connectivity index (χ0) is 14.9. The lowest BCUT2D eigenvalue weighted by Gasteiger charge is -2.41. The minimum absolute atomic E-state index is 0.0462. The summed E-state index contributed by atoms with van der Waals surface area (Å²) in [6, 6.07) is 2.13. The number of aryl methyl sites for hydroxylation is 1. The smallest absolute Gasteiger partial charge is 0.337 e. The molecule has 1 aromatic rings. The quantitative estimate of drug-likeness (QED) is 0.914. The van der Waals surface area contributed by atoms with Crippen molar-refractivity contribution in [3.8, 4) is 0 Å². The second-order valence-corrected chi connectivity index (χ2v) is 5.85. The fourth-order valence-corrected chi connectivity index (χ4v) is 3.52. The molecule has 4 nitrogen and oxygen atoms in total. The van der Waals surface area contributed by atoms with Crippen molar-refractivity contribution in [2.24, 2.45) is 0 Å². The highest BCUT2D eigenvalue weighted by Gasteiger charge is 2.36. The molecular weight excluding hydrogens is 254 g/mol. The number of carboxylic acid groups (broad SMARTS) is 1. The van der Waals surface area contributed by atoms with Crippen molar-refractivity contribution < 1.29 is 14.6 Å². The lowest BCUT2D eigenvalue weighted by Crippen LogP contribution is -2.39. The summed E-state index contributed by atoms with van der Waals surface area (Å²) in [4.78, 5) is 11.3. The Morgan fingerprint density at radius 3 is 2.60 bits per heavy atom. The summed E-state index contributed by atoms with van der Waals surface area (Å²) in [5.41, 5.74) is 2.28. The molecule has 0 aromatic carbocycles. The molecule has 0 aliphatic carbocycles. The van der Waals surface area contributed by atoms with Crippen LogP contribution in [0.3, 0.4) is 0 Å². The van der Waals surface area contributed by atoms with E-state index in [1.54, 1.807) is 6.07 Å². The van der Waals surface area contributed by atoms with Gasteiger partial charge in [0, 0.05) is 24.0 Å². The Morgan fingerprint density at radius 1 is 1.45 bits per heavy atom. The summed E-state index contributed by atoms with van der Waals surface area (Å²) in [6.07, 6.45) is 3.93. The van der Waals surface area contributed by atoms with Crippen LogP contribution in [0.2, 0.25) is 0 Å². The van der Waals surface area contributed by atoms with Crippen LogP contribution >= 0.6 is 0 Å². The zero-order valence-corrected chi connectivity index (χ0v) is 12.9. The van der Waals surface area contributed by atoms with Crippen LogP contribution in [-0.2, 0) is 4.74 Å². The van der Waals surface area contributed by atoms with E-state index in [4.69, 9.17) is 4.74 Å². The Balaban J connectivity index is 2.34. The molecule has 1 aliphatic rings.